The zero-order valence-electron chi connectivity index (χ0n) is 53.7. The van der Waals surface area contributed by atoms with E-state index in [0.717, 1.165) is 29.8 Å². The molecule has 0 radical (unpaired) electrons. The maximum Gasteiger partial charge on any atom is 0.414 e. The largest absolute Gasteiger partial charge is 0.444 e. The van der Waals surface area contributed by atoms with Gasteiger partial charge in [0.05, 0.1) is 48.7 Å². The summed E-state index contributed by atoms with van der Waals surface area (Å²) in [5.41, 5.74) is 9.14. The van der Waals surface area contributed by atoms with Gasteiger partial charge in [-0.05, 0) is 113 Å². The number of hydrogen-bond acceptors (Lipinski definition) is 14. The zero-order chi connectivity index (χ0) is 64.6. The van der Waals surface area contributed by atoms with Gasteiger partial charge in [0.25, 0.3) is 0 Å². The van der Waals surface area contributed by atoms with E-state index in [1.54, 1.807) is 77.5 Å². The normalized spacial score (nSPS) is 17.0. The Kier molecular flexibility index (Phi) is 29.0. The minimum Gasteiger partial charge on any atom is -0.444 e. The Morgan fingerprint density at radius 3 is 2.17 bits per heavy atom. The summed E-state index contributed by atoms with van der Waals surface area (Å²) in [7, 11) is 8.35. The maximum atomic E-state index is 14.5. The molecular formula is C65H97N11O11S. The van der Waals surface area contributed by atoms with Gasteiger partial charge in [0.15, 0.2) is 0 Å². The summed E-state index contributed by atoms with van der Waals surface area (Å²) in [6.07, 6.45) is 12.4. The van der Waals surface area contributed by atoms with E-state index in [1.165, 1.54) is 21.8 Å². The lowest BCUT2D eigenvalue weighted by molar-refractivity contribution is -0.147. The second kappa shape index (κ2) is 35.7. The number of hydrogen-bond donors (Lipinski definition) is 6. The molecule has 1 aliphatic carbocycles. The number of aromatic nitrogens is 1. The fourth-order valence-electron chi connectivity index (χ4n) is 11.7. The van der Waals surface area contributed by atoms with E-state index in [0.29, 0.717) is 62.1 Å². The number of rotatable bonds is 34. The summed E-state index contributed by atoms with van der Waals surface area (Å²) in [6, 6.07) is 10.2. The second-order valence-corrected chi connectivity index (χ2v) is 24.5. The van der Waals surface area contributed by atoms with Crippen molar-refractivity contribution in [3.63, 3.8) is 0 Å². The van der Waals surface area contributed by atoms with Crippen LogP contribution in [0.1, 0.15) is 135 Å². The minimum atomic E-state index is -0.897. The Hall–Kier alpha value is -7.21. The molecule has 1 saturated heterocycles. The number of benzene rings is 2. The van der Waals surface area contributed by atoms with Crippen LogP contribution in [0, 0.1) is 17.8 Å². The molecule has 88 heavy (non-hydrogen) atoms. The van der Waals surface area contributed by atoms with E-state index in [9.17, 15) is 38.4 Å². The van der Waals surface area contributed by atoms with Gasteiger partial charge in [0.1, 0.15) is 23.7 Å². The lowest BCUT2D eigenvalue weighted by Gasteiger charge is -2.40. The topological polar surface area (TPSA) is 276 Å². The molecule has 1 aliphatic heterocycles. The van der Waals surface area contributed by atoms with E-state index in [4.69, 9.17) is 19.9 Å². The van der Waals surface area contributed by atoms with E-state index < -0.39 is 60.3 Å². The number of carbonyl (C=O) groups is 8. The van der Waals surface area contributed by atoms with Crippen LogP contribution in [0.4, 0.5) is 21.0 Å². The number of allylic oxidation sites excluding steroid dienone is 3. The number of nitrogens with one attached hydrogen (secondary N) is 5. The minimum absolute atomic E-state index is 0.00341. The van der Waals surface area contributed by atoms with Gasteiger partial charge >= 0.3 is 12.1 Å². The van der Waals surface area contributed by atoms with Crippen molar-refractivity contribution in [2.45, 2.75) is 174 Å². The van der Waals surface area contributed by atoms with Gasteiger partial charge in [-0.25, -0.2) is 14.6 Å². The summed E-state index contributed by atoms with van der Waals surface area (Å²) in [5.74, 6) is -2.38. The van der Waals surface area contributed by atoms with Crippen LogP contribution in [-0.4, -0.2) is 165 Å². The standard InChI is InChI=1S/C65H97N11O11S/c1-13-42(5)57(53(85-11)39-55(78)76-35-19-23-52(76)58(86-12)43(6)59(79)72-51(62-67-34-37-88-62)38-46-20-16-15-17-21-46)75(10)63(82)44(7)69-61(81)56(41(3)4)73(8)36-32-45-26-30-49(31-27-45)74(9)65(84)87-40-47-24-28-48(29-25-47)70-60(80)50(71-54(77)14-2)22-18-33-68-64(66)83/h15-16,20,24-31,34,37,41-44,50-53,56-58H,13-14,17-19,21-23,32-33,35-36,38-40H2,1-12H3,(H,69,81)(H,70,80)(H,71,77)(H,72,79)(H3,66,68,83). The molecule has 2 aliphatic rings. The van der Waals surface area contributed by atoms with Gasteiger partial charge in [-0.1, -0.05) is 96.0 Å². The smallest absolute Gasteiger partial charge is 0.414 e. The van der Waals surface area contributed by atoms with Gasteiger partial charge < -0.3 is 56.3 Å². The third-order valence-corrected chi connectivity index (χ3v) is 17.8. The summed E-state index contributed by atoms with van der Waals surface area (Å²) in [4.78, 5) is 118. The molecule has 22 nitrogen and oxygen atoms in total. The molecule has 23 heteroatoms. The Morgan fingerprint density at radius 1 is 0.864 bits per heavy atom. The summed E-state index contributed by atoms with van der Waals surface area (Å²) in [6.45, 7) is 14.5. The molecule has 0 saturated carbocycles. The van der Waals surface area contributed by atoms with E-state index in [1.807, 2.05) is 81.1 Å². The molecule has 2 heterocycles. The van der Waals surface area contributed by atoms with Gasteiger partial charge in [-0.2, -0.15) is 0 Å². The summed E-state index contributed by atoms with van der Waals surface area (Å²) >= 11 is 1.51. The fraction of sp³-hybridized carbons (Fsp3) is 0.585. The first-order valence-corrected chi connectivity index (χ1v) is 31.8. The van der Waals surface area contributed by atoms with Gasteiger partial charge in [0, 0.05) is 77.3 Å². The van der Waals surface area contributed by atoms with Crippen LogP contribution in [-0.2, 0) is 56.0 Å². The molecule has 2 aromatic carbocycles. The van der Waals surface area contributed by atoms with Crippen molar-refractivity contribution < 1.29 is 52.6 Å². The van der Waals surface area contributed by atoms with E-state index in [2.05, 4.69) is 49.8 Å². The fourth-order valence-corrected chi connectivity index (χ4v) is 12.3. The van der Waals surface area contributed by atoms with Crippen molar-refractivity contribution in [1.29, 1.82) is 0 Å². The first kappa shape index (κ1) is 71.5. The number of thiazole rings is 1. The second-order valence-electron chi connectivity index (χ2n) is 23.5. The third-order valence-electron chi connectivity index (χ3n) is 16.9. The Balaban J connectivity index is 1.12. The lowest BCUT2D eigenvalue weighted by Crippen LogP contribution is -2.58. The van der Waals surface area contributed by atoms with Crippen LogP contribution in [0.15, 0.2) is 83.9 Å². The van der Waals surface area contributed by atoms with Crippen molar-refractivity contribution in [3.8, 4) is 0 Å². The number of likely N-dealkylation sites (tertiary alicyclic amines) is 1. The summed E-state index contributed by atoms with van der Waals surface area (Å²) in [5, 5.41) is 17.0. The molecule has 9 amide bonds. The highest BCUT2D eigenvalue weighted by Crippen LogP contribution is 2.32. The molecule has 484 valence electrons. The first-order chi connectivity index (χ1) is 42.0. The number of methoxy groups -OCH3 is 2. The lowest BCUT2D eigenvalue weighted by atomic mass is 9.90. The maximum absolute atomic E-state index is 14.5. The number of nitrogens with two attached hydrogens (primary N) is 1. The number of ether oxygens (including phenoxy) is 3. The molecular weight excluding hydrogens is 1140 g/mol. The molecule has 5 rings (SSSR count). The Morgan fingerprint density at radius 2 is 1.57 bits per heavy atom. The van der Waals surface area contributed by atoms with E-state index >= 15 is 0 Å². The SMILES string of the molecule is CCC(=O)NC(CCCNC(N)=O)C(=O)Nc1ccc(COC(=O)N(C)c2ccc(CCN(C)C(C(=O)NC(C)C(=O)N(C)C(C(C)CC)C(CC(=O)N3CCCC3C(OC)C(C)C(=O)NC(CC3=CC=CCC3)c3nccs3)OC)C(C)C)cc2)cc1. The van der Waals surface area contributed by atoms with Crippen LogP contribution in [0.2, 0.25) is 0 Å². The molecule has 10 atom stereocenters. The highest BCUT2D eigenvalue weighted by Gasteiger charge is 2.43. The summed E-state index contributed by atoms with van der Waals surface area (Å²) < 4.78 is 17.8. The van der Waals surface area contributed by atoms with Gasteiger partial charge in [0.2, 0.25) is 35.4 Å². The predicted molar refractivity (Wildman–Crippen MR) is 342 cm³/mol. The highest BCUT2D eigenvalue weighted by molar-refractivity contribution is 7.09. The molecule has 0 spiro atoms. The van der Waals surface area contributed by atoms with Gasteiger partial charge in [-0.3, -0.25) is 38.6 Å². The molecule has 3 aromatic rings. The zero-order valence-corrected chi connectivity index (χ0v) is 54.5. The van der Waals surface area contributed by atoms with Crippen molar-refractivity contribution in [1.82, 2.24) is 41.0 Å². The quantitative estimate of drug-likeness (QED) is 0.0314. The molecule has 0 bridgehead atoms. The predicted octanol–water partition coefficient (Wildman–Crippen LogP) is 7.65. The van der Waals surface area contributed by atoms with Gasteiger partial charge in [-0.15, -0.1) is 11.3 Å². The van der Waals surface area contributed by atoms with Crippen molar-refractivity contribution in [2.24, 2.45) is 23.5 Å². The van der Waals surface area contributed by atoms with Crippen LogP contribution in [0.5, 0.6) is 0 Å². The van der Waals surface area contributed by atoms with E-state index in [-0.39, 0.29) is 85.9 Å². The van der Waals surface area contributed by atoms with Crippen LogP contribution >= 0.6 is 11.3 Å². The third kappa shape index (κ3) is 21.0. The van der Waals surface area contributed by atoms with Crippen molar-refractivity contribution >= 4 is 70.3 Å². The molecule has 10 unspecified atom stereocenters. The van der Waals surface area contributed by atoms with Crippen LogP contribution < -0.4 is 37.2 Å². The number of amides is 9. The number of carbonyl (C=O) groups excluding carboxylic acids is 8. The van der Waals surface area contributed by atoms with Crippen LogP contribution in [0.3, 0.4) is 0 Å². The van der Waals surface area contributed by atoms with Crippen molar-refractivity contribution in [3.05, 3.63) is 100 Å². The van der Waals surface area contributed by atoms with Crippen molar-refractivity contribution in [2.75, 3.05) is 65.2 Å². The molecule has 7 N–H and O–H groups in total. The number of likely N-dealkylation sites (N-methyl/N-ethyl adjacent to an activating group) is 2. The first-order valence-electron chi connectivity index (χ1n) is 30.9. The Labute approximate surface area is 524 Å². The Bertz CT molecular complexity index is 2820. The number of urea groups is 1. The molecule has 1 fully saturated rings. The van der Waals surface area contributed by atoms with Crippen LogP contribution in [0.25, 0.3) is 0 Å². The average Bonchev–Trinajstić information content (AvgIpc) is 3.44. The number of nitrogens with zero attached hydrogens (tertiary/aromatic N) is 5. The monoisotopic (exact) mass is 1240 g/mol. The number of anilines is 2. The highest BCUT2D eigenvalue weighted by atomic mass is 32.1. The average molecular weight is 1240 g/mol. The number of primary amides is 1. The molecule has 1 aromatic heterocycles.